The molecule has 3 unspecified atom stereocenters. The number of nitrogen functional groups attached to an aromatic ring is 1. The van der Waals surface area contributed by atoms with Gasteiger partial charge in [0.15, 0.2) is 12.2 Å². The minimum absolute atomic E-state index is 0.416. The summed E-state index contributed by atoms with van der Waals surface area (Å²) in [6, 6.07) is 6.97. The Labute approximate surface area is 131 Å². The van der Waals surface area contributed by atoms with Gasteiger partial charge in [0.05, 0.1) is 5.92 Å². The molecule has 0 radical (unpaired) electrons. The van der Waals surface area contributed by atoms with Gasteiger partial charge in [-0.05, 0) is 24.1 Å². The Bertz CT molecular complexity index is 524. The van der Waals surface area contributed by atoms with Crippen LogP contribution in [0.25, 0.3) is 0 Å². The highest BCUT2D eigenvalue weighted by Gasteiger charge is 2.29. The van der Waals surface area contributed by atoms with Gasteiger partial charge in [0, 0.05) is 5.69 Å². The maximum absolute atomic E-state index is 10.8. The van der Waals surface area contributed by atoms with Crippen molar-refractivity contribution in [2.24, 2.45) is 0 Å². The van der Waals surface area contributed by atoms with E-state index in [1.807, 2.05) is 6.92 Å². The Balaban J connectivity index is 0.000000438. The van der Waals surface area contributed by atoms with Crippen LogP contribution in [0, 0.1) is 0 Å². The summed E-state index contributed by atoms with van der Waals surface area (Å²) in [6.07, 6.45) is -3.94. The molecule has 128 valence electrons. The van der Waals surface area contributed by atoms with Gasteiger partial charge in [-0.15, -0.1) is 0 Å². The molecule has 0 aliphatic heterocycles. The van der Waals surface area contributed by atoms with Gasteiger partial charge in [-0.2, -0.15) is 0 Å². The zero-order valence-electron chi connectivity index (χ0n) is 12.3. The van der Waals surface area contributed by atoms with Crippen LogP contribution in [0.3, 0.4) is 0 Å². The first kappa shape index (κ1) is 20.3. The summed E-state index contributed by atoms with van der Waals surface area (Å²) >= 11 is 0. The number of carboxylic acid groups (broad SMARTS) is 3. The number of hydrogen-bond donors (Lipinski definition) is 6. The van der Waals surface area contributed by atoms with Crippen molar-refractivity contribution < 1.29 is 39.9 Å². The highest BCUT2D eigenvalue weighted by molar-refractivity contribution is 5.83. The summed E-state index contributed by atoms with van der Waals surface area (Å²) in [5.41, 5.74) is 6.96. The summed E-state index contributed by atoms with van der Waals surface area (Å²) in [6.45, 7) is 1.86. The number of hydrogen-bond acceptors (Lipinski definition) is 6. The lowest BCUT2D eigenvalue weighted by Gasteiger charge is -2.09. The summed E-state index contributed by atoms with van der Waals surface area (Å²) in [7, 11) is 0. The van der Waals surface area contributed by atoms with E-state index in [2.05, 4.69) is 0 Å². The molecule has 0 amide bonds. The lowest BCUT2D eigenvalue weighted by Crippen LogP contribution is -2.39. The number of carbonyl (C=O) groups is 3. The van der Waals surface area contributed by atoms with Crippen LogP contribution in [-0.4, -0.2) is 55.6 Å². The van der Waals surface area contributed by atoms with Crippen LogP contribution >= 0.6 is 0 Å². The average Bonchev–Trinajstić information content (AvgIpc) is 2.48. The molecule has 0 fully saturated rings. The predicted octanol–water partition coefficient (Wildman–Crippen LogP) is -0.276. The molecule has 0 aromatic heterocycles. The Morgan fingerprint density at radius 3 is 1.57 bits per heavy atom. The van der Waals surface area contributed by atoms with Crippen LogP contribution in [0.1, 0.15) is 24.8 Å². The average molecular weight is 329 g/mol. The molecule has 0 aliphatic carbocycles. The van der Waals surface area contributed by atoms with Crippen LogP contribution in [0.2, 0.25) is 0 Å². The molecular weight excluding hydrogens is 310 g/mol. The SMILES string of the molecule is CCC(C(=O)O)c1ccc(N)cc1.O=C(O)C(O)C(O)C(=O)O. The van der Waals surface area contributed by atoms with Gasteiger partial charge >= 0.3 is 17.9 Å². The van der Waals surface area contributed by atoms with Gasteiger partial charge in [0.2, 0.25) is 0 Å². The number of nitrogens with two attached hydrogens (primary N) is 1. The standard InChI is InChI=1S/C10H13NO2.C4H6O6/c1-2-9(10(12)13)7-3-5-8(11)6-4-7;5-1(3(7)8)2(6)4(9)10/h3-6,9H,2,11H2,1H3,(H,12,13);1-2,5-6H,(H,7,8)(H,9,10). The lowest BCUT2D eigenvalue weighted by atomic mass is 9.97. The van der Waals surface area contributed by atoms with Gasteiger partial charge in [-0.3, -0.25) is 4.79 Å². The second kappa shape index (κ2) is 9.38. The lowest BCUT2D eigenvalue weighted by molar-refractivity contribution is -0.165. The maximum atomic E-state index is 10.8. The first-order valence-electron chi connectivity index (χ1n) is 6.51. The molecule has 1 aromatic rings. The van der Waals surface area contributed by atoms with Crippen molar-refractivity contribution in [2.45, 2.75) is 31.5 Å². The van der Waals surface area contributed by atoms with E-state index in [9.17, 15) is 14.4 Å². The third-order valence-electron chi connectivity index (χ3n) is 2.85. The van der Waals surface area contributed by atoms with Crippen molar-refractivity contribution in [3.05, 3.63) is 29.8 Å². The fraction of sp³-hybridized carbons (Fsp3) is 0.357. The number of aliphatic hydroxyl groups is 2. The summed E-state index contributed by atoms with van der Waals surface area (Å²) < 4.78 is 0. The van der Waals surface area contributed by atoms with Gasteiger partial charge in [-0.1, -0.05) is 19.1 Å². The van der Waals surface area contributed by atoms with E-state index in [1.54, 1.807) is 24.3 Å². The quantitative estimate of drug-likeness (QED) is 0.383. The number of aliphatic carboxylic acids is 3. The summed E-state index contributed by atoms with van der Waals surface area (Å²) in [4.78, 5) is 30.3. The zero-order chi connectivity index (χ0) is 18.2. The molecule has 0 saturated heterocycles. The molecular formula is C14H19NO8. The van der Waals surface area contributed by atoms with E-state index in [0.717, 1.165) is 5.56 Å². The van der Waals surface area contributed by atoms with Crippen molar-refractivity contribution in [1.29, 1.82) is 0 Å². The number of anilines is 1. The highest BCUT2D eigenvalue weighted by atomic mass is 16.4. The van der Waals surface area contributed by atoms with Gasteiger partial charge < -0.3 is 31.3 Å². The fourth-order valence-electron chi connectivity index (χ4n) is 1.55. The van der Waals surface area contributed by atoms with Crippen LogP contribution in [-0.2, 0) is 14.4 Å². The van der Waals surface area contributed by atoms with Gasteiger partial charge in [0.25, 0.3) is 0 Å². The third kappa shape index (κ3) is 6.76. The maximum Gasteiger partial charge on any atom is 0.335 e. The van der Waals surface area contributed by atoms with Gasteiger partial charge in [-0.25, -0.2) is 9.59 Å². The number of carboxylic acids is 3. The molecule has 1 rings (SSSR count). The Morgan fingerprint density at radius 1 is 0.913 bits per heavy atom. The monoisotopic (exact) mass is 329 g/mol. The van der Waals surface area contributed by atoms with Crippen molar-refractivity contribution in [2.75, 3.05) is 5.73 Å². The summed E-state index contributed by atoms with van der Waals surface area (Å²) in [5, 5.41) is 41.4. The number of benzene rings is 1. The van der Waals surface area contributed by atoms with Gasteiger partial charge in [0.1, 0.15) is 0 Å². The minimum atomic E-state index is -2.27. The number of aliphatic hydroxyl groups excluding tert-OH is 2. The van der Waals surface area contributed by atoms with E-state index in [0.29, 0.717) is 12.1 Å². The molecule has 0 aliphatic rings. The Morgan fingerprint density at radius 2 is 1.30 bits per heavy atom. The van der Waals surface area contributed by atoms with E-state index in [4.69, 9.17) is 31.3 Å². The molecule has 0 spiro atoms. The second-order valence-corrected chi connectivity index (χ2v) is 4.53. The van der Waals surface area contributed by atoms with E-state index in [-0.39, 0.29) is 0 Å². The summed E-state index contributed by atoms with van der Waals surface area (Å²) in [5.74, 6) is -4.74. The Kier molecular flexibility index (Phi) is 8.30. The van der Waals surface area contributed by atoms with E-state index >= 15 is 0 Å². The smallest absolute Gasteiger partial charge is 0.335 e. The van der Waals surface area contributed by atoms with E-state index < -0.39 is 36.0 Å². The zero-order valence-corrected chi connectivity index (χ0v) is 12.3. The van der Waals surface area contributed by atoms with Crippen LogP contribution in [0.5, 0.6) is 0 Å². The van der Waals surface area contributed by atoms with Crippen LogP contribution in [0.4, 0.5) is 5.69 Å². The molecule has 0 bridgehead atoms. The Hall–Kier alpha value is -2.65. The van der Waals surface area contributed by atoms with Crippen LogP contribution in [0.15, 0.2) is 24.3 Å². The molecule has 0 saturated carbocycles. The first-order chi connectivity index (χ1) is 10.6. The molecule has 0 heterocycles. The van der Waals surface area contributed by atoms with Crippen LogP contribution < -0.4 is 5.73 Å². The second-order valence-electron chi connectivity index (χ2n) is 4.53. The molecule has 23 heavy (non-hydrogen) atoms. The molecule has 1 aromatic carbocycles. The highest BCUT2D eigenvalue weighted by Crippen LogP contribution is 2.20. The molecule has 3 atom stereocenters. The van der Waals surface area contributed by atoms with Crippen molar-refractivity contribution >= 4 is 23.6 Å². The minimum Gasteiger partial charge on any atom is -0.481 e. The molecule has 9 nitrogen and oxygen atoms in total. The normalized spacial score (nSPS) is 13.9. The first-order valence-corrected chi connectivity index (χ1v) is 6.51. The van der Waals surface area contributed by atoms with Crippen molar-refractivity contribution in [3.8, 4) is 0 Å². The fourth-order valence-corrected chi connectivity index (χ4v) is 1.55. The van der Waals surface area contributed by atoms with Crippen molar-refractivity contribution in [1.82, 2.24) is 0 Å². The third-order valence-corrected chi connectivity index (χ3v) is 2.85. The molecule has 9 heteroatoms. The van der Waals surface area contributed by atoms with Crippen molar-refractivity contribution in [3.63, 3.8) is 0 Å². The predicted molar refractivity (Wildman–Crippen MR) is 78.8 cm³/mol. The molecule has 7 N–H and O–H groups in total. The van der Waals surface area contributed by atoms with E-state index in [1.165, 1.54) is 0 Å². The topological polar surface area (TPSA) is 178 Å². The largest absolute Gasteiger partial charge is 0.481 e. The number of rotatable bonds is 6.